The van der Waals surface area contributed by atoms with Crippen LogP contribution in [0.2, 0.25) is 0 Å². The van der Waals surface area contributed by atoms with E-state index in [0.717, 1.165) is 18.0 Å². The van der Waals surface area contributed by atoms with Gasteiger partial charge < -0.3 is 5.73 Å². The first-order valence-corrected chi connectivity index (χ1v) is 8.29. The highest BCUT2D eigenvalue weighted by molar-refractivity contribution is 7.09. The van der Waals surface area contributed by atoms with E-state index in [2.05, 4.69) is 31.1 Å². The van der Waals surface area contributed by atoms with E-state index >= 15 is 0 Å². The van der Waals surface area contributed by atoms with Gasteiger partial charge in [0.1, 0.15) is 5.01 Å². The quantitative estimate of drug-likeness (QED) is 0.859. The first-order chi connectivity index (χ1) is 8.91. The summed E-state index contributed by atoms with van der Waals surface area (Å²) in [5, 5.41) is 3.36. The van der Waals surface area contributed by atoms with E-state index in [-0.39, 0.29) is 11.0 Å². The summed E-state index contributed by atoms with van der Waals surface area (Å²) in [7, 11) is 0. The van der Waals surface area contributed by atoms with E-state index < -0.39 is 0 Å². The molecule has 1 aromatic heterocycles. The Kier molecular flexibility index (Phi) is 3.23. The number of thiazole rings is 1. The molecule has 3 heterocycles. The number of nitrogens with two attached hydrogens (primary N) is 1. The zero-order chi connectivity index (χ0) is 13.7. The molecule has 3 rings (SSSR count). The minimum absolute atomic E-state index is 0.121. The molecule has 0 radical (unpaired) electrons. The van der Waals surface area contributed by atoms with Crippen LogP contribution in [0.5, 0.6) is 0 Å². The Labute approximate surface area is 120 Å². The molecule has 0 aromatic carbocycles. The highest BCUT2D eigenvalue weighted by Crippen LogP contribution is 2.42. The van der Waals surface area contributed by atoms with Gasteiger partial charge in [0.05, 0.1) is 11.2 Å². The molecule has 2 unspecified atom stereocenters. The molecule has 2 N–H and O–H groups in total. The fraction of sp³-hybridized carbons (Fsp3) is 0.800. The van der Waals surface area contributed by atoms with Crippen molar-refractivity contribution >= 4 is 11.3 Å². The van der Waals surface area contributed by atoms with Gasteiger partial charge in [-0.25, -0.2) is 4.98 Å². The van der Waals surface area contributed by atoms with E-state index in [4.69, 9.17) is 10.7 Å². The largest absolute Gasteiger partial charge is 0.318 e. The van der Waals surface area contributed by atoms with Crippen molar-refractivity contribution in [3.05, 3.63) is 16.1 Å². The predicted molar refractivity (Wildman–Crippen MR) is 80.5 cm³/mol. The normalized spacial score (nSPS) is 32.5. The number of piperidine rings is 1. The molecule has 2 aliphatic heterocycles. The second kappa shape index (κ2) is 4.54. The van der Waals surface area contributed by atoms with Crippen molar-refractivity contribution < 1.29 is 0 Å². The molecule has 106 valence electrons. The Morgan fingerprint density at radius 1 is 1.37 bits per heavy atom. The smallest absolute Gasteiger partial charge is 0.114 e. The topological polar surface area (TPSA) is 42.1 Å². The maximum atomic E-state index is 6.80. The number of aromatic nitrogens is 1. The van der Waals surface area contributed by atoms with Crippen molar-refractivity contribution in [3.8, 4) is 0 Å². The minimum atomic E-state index is -0.200. The third-order valence-electron chi connectivity index (χ3n) is 4.69. The fourth-order valence-electron chi connectivity index (χ4n) is 3.42. The van der Waals surface area contributed by atoms with Gasteiger partial charge in [-0.2, -0.15) is 0 Å². The standard InChI is InChI=1S/C15H25N3S/c1-14(2,3)11-10-19-13(17-11)15(16)7-9-18-8-5-4-6-12(15)18/h10,12H,4-9,16H2,1-3H3. The molecule has 0 bridgehead atoms. The summed E-state index contributed by atoms with van der Waals surface area (Å²) in [6, 6.07) is 0.514. The van der Waals surface area contributed by atoms with Gasteiger partial charge in [0.2, 0.25) is 0 Å². The van der Waals surface area contributed by atoms with E-state index in [1.807, 2.05) is 0 Å². The van der Waals surface area contributed by atoms with E-state index in [1.54, 1.807) is 11.3 Å². The molecule has 1 aromatic rings. The summed E-state index contributed by atoms with van der Waals surface area (Å²) in [6.45, 7) is 9.02. The number of nitrogens with zero attached hydrogens (tertiary/aromatic N) is 2. The molecule has 2 atom stereocenters. The first-order valence-electron chi connectivity index (χ1n) is 7.41. The van der Waals surface area contributed by atoms with Crippen LogP contribution in [0.15, 0.2) is 5.38 Å². The summed E-state index contributed by atoms with van der Waals surface area (Å²) >= 11 is 1.77. The van der Waals surface area contributed by atoms with Crippen LogP contribution in [0.4, 0.5) is 0 Å². The van der Waals surface area contributed by atoms with Crippen LogP contribution in [0.1, 0.15) is 57.2 Å². The Hall–Kier alpha value is -0.450. The highest BCUT2D eigenvalue weighted by atomic mass is 32.1. The van der Waals surface area contributed by atoms with Crippen LogP contribution >= 0.6 is 11.3 Å². The summed E-state index contributed by atoms with van der Waals surface area (Å²) in [5.74, 6) is 0. The summed E-state index contributed by atoms with van der Waals surface area (Å²) in [6.07, 6.45) is 4.95. The number of hydrogen-bond donors (Lipinski definition) is 1. The van der Waals surface area contributed by atoms with Gasteiger partial charge in [0, 0.05) is 23.4 Å². The maximum absolute atomic E-state index is 6.80. The van der Waals surface area contributed by atoms with Crippen LogP contribution in [0.25, 0.3) is 0 Å². The summed E-state index contributed by atoms with van der Waals surface area (Å²) in [4.78, 5) is 7.48. The molecule has 0 amide bonds. The lowest BCUT2D eigenvalue weighted by atomic mass is 9.86. The third-order valence-corrected chi connectivity index (χ3v) is 5.73. The average molecular weight is 279 g/mol. The van der Waals surface area contributed by atoms with Crippen molar-refractivity contribution in [2.75, 3.05) is 13.1 Å². The lowest BCUT2D eigenvalue weighted by molar-refractivity contribution is 0.156. The molecule has 2 saturated heterocycles. The Balaban J connectivity index is 1.90. The average Bonchev–Trinajstić information content (AvgIpc) is 2.96. The molecular formula is C15H25N3S. The minimum Gasteiger partial charge on any atom is -0.318 e. The first kappa shape index (κ1) is 13.5. The van der Waals surface area contributed by atoms with Gasteiger partial charge in [-0.05, 0) is 25.8 Å². The van der Waals surface area contributed by atoms with Gasteiger partial charge in [0.15, 0.2) is 0 Å². The van der Waals surface area contributed by atoms with Crippen LogP contribution in [0, 0.1) is 0 Å². The fourth-order valence-corrected chi connectivity index (χ4v) is 4.66. The maximum Gasteiger partial charge on any atom is 0.114 e. The van der Waals surface area contributed by atoms with Crippen molar-refractivity contribution in [1.82, 2.24) is 9.88 Å². The molecular weight excluding hydrogens is 254 g/mol. The lowest BCUT2D eigenvalue weighted by Gasteiger charge is -2.37. The van der Waals surface area contributed by atoms with Gasteiger partial charge in [-0.15, -0.1) is 11.3 Å². The second-order valence-corrected chi connectivity index (χ2v) is 7.98. The molecule has 3 nitrogen and oxygen atoms in total. The molecule has 19 heavy (non-hydrogen) atoms. The molecule has 2 aliphatic rings. The summed E-state index contributed by atoms with van der Waals surface area (Å²) < 4.78 is 0. The van der Waals surface area contributed by atoms with Crippen LogP contribution in [-0.2, 0) is 11.0 Å². The number of rotatable bonds is 1. The van der Waals surface area contributed by atoms with Crippen molar-refractivity contribution in [1.29, 1.82) is 0 Å². The van der Waals surface area contributed by atoms with Crippen LogP contribution in [-0.4, -0.2) is 29.0 Å². The third kappa shape index (κ3) is 2.24. The Morgan fingerprint density at radius 3 is 2.84 bits per heavy atom. The number of hydrogen-bond acceptors (Lipinski definition) is 4. The number of fused-ring (bicyclic) bond motifs is 1. The second-order valence-electron chi connectivity index (χ2n) is 7.13. The van der Waals surface area contributed by atoms with Crippen molar-refractivity contribution in [2.24, 2.45) is 5.73 Å². The van der Waals surface area contributed by atoms with Gasteiger partial charge in [-0.3, -0.25) is 4.90 Å². The zero-order valence-corrected chi connectivity index (χ0v) is 13.1. The lowest BCUT2D eigenvalue weighted by Crippen LogP contribution is -2.50. The molecule has 0 spiro atoms. The van der Waals surface area contributed by atoms with Crippen LogP contribution in [0.3, 0.4) is 0 Å². The summed E-state index contributed by atoms with van der Waals surface area (Å²) in [5.41, 5.74) is 7.91. The van der Waals surface area contributed by atoms with Crippen molar-refractivity contribution in [3.63, 3.8) is 0 Å². The van der Waals surface area contributed by atoms with Gasteiger partial charge >= 0.3 is 0 Å². The highest BCUT2D eigenvalue weighted by Gasteiger charge is 2.48. The van der Waals surface area contributed by atoms with Gasteiger partial charge in [-0.1, -0.05) is 27.2 Å². The van der Waals surface area contributed by atoms with Crippen molar-refractivity contribution in [2.45, 2.75) is 63.5 Å². The van der Waals surface area contributed by atoms with E-state index in [0.29, 0.717) is 6.04 Å². The monoisotopic (exact) mass is 279 g/mol. The molecule has 4 heteroatoms. The predicted octanol–water partition coefficient (Wildman–Crippen LogP) is 2.85. The Bertz CT molecular complexity index is 462. The molecule has 0 saturated carbocycles. The molecule has 2 fully saturated rings. The Morgan fingerprint density at radius 2 is 2.16 bits per heavy atom. The van der Waals surface area contributed by atoms with Crippen LogP contribution < -0.4 is 5.73 Å². The zero-order valence-electron chi connectivity index (χ0n) is 12.3. The molecule has 0 aliphatic carbocycles. The van der Waals surface area contributed by atoms with E-state index in [9.17, 15) is 0 Å². The SMILES string of the molecule is CC(C)(C)c1csc(C2(N)CCN3CCCCC32)n1. The van der Waals surface area contributed by atoms with Gasteiger partial charge in [0.25, 0.3) is 0 Å². The van der Waals surface area contributed by atoms with E-state index in [1.165, 1.54) is 31.5 Å².